The van der Waals surface area contributed by atoms with Gasteiger partial charge in [-0.25, -0.2) is 4.57 Å². The molecule has 0 saturated heterocycles. The fourth-order valence-electron chi connectivity index (χ4n) is 5.84. The van der Waals surface area contributed by atoms with Crippen molar-refractivity contribution in [2.45, 2.75) is 206 Å². The second kappa shape index (κ2) is 35.1. The number of unbranched alkanes of at least 4 members (excludes halogenated alkanes) is 23. The summed E-state index contributed by atoms with van der Waals surface area (Å²) in [6.07, 6.45) is 36.5. The maximum absolute atomic E-state index is 12.7. The van der Waals surface area contributed by atoms with Crippen LogP contribution >= 0.6 is 7.82 Å². The molecule has 0 spiro atoms. The number of nitrogens with one attached hydrogen (secondary N) is 1. The fourth-order valence-corrected chi connectivity index (χ4v) is 6.60. The number of allylic oxidation sites excluding steroid dienone is 2. The molecule has 3 unspecified atom stereocenters. The van der Waals surface area contributed by atoms with E-state index in [-0.39, 0.29) is 25.7 Å². The van der Waals surface area contributed by atoms with E-state index in [0.29, 0.717) is 12.8 Å². The summed E-state index contributed by atoms with van der Waals surface area (Å²) in [4.78, 5) is 22.6. The molecule has 47 heavy (non-hydrogen) atoms. The van der Waals surface area contributed by atoms with E-state index in [2.05, 4.69) is 31.3 Å². The second-order valence-electron chi connectivity index (χ2n) is 13.5. The lowest BCUT2D eigenvalue weighted by atomic mass is 10.0. The van der Waals surface area contributed by atoms with Gasteiger partial charge in [0.05, 0.1) is 25.4 Å². The van der Waals surface area contributed by atoms with Gasteiger partial charge in [0.2, 0.25) is 5.91 Å². The predicted octanol–water partition coefficient (Wildman–Crippen LogP) is 10.4. The summed E-state index contributed by atoms with van der Waals surface area (Å²) in [5.74, 6) is -0.165. The molecule has 0 aliphatic rings. The van der Waals surface area contributed by atoms with Gasteiger partial charge in [0.25, 0.3) is 0 Å². The van der Waals surface area contributed by atoms with Crippen LogP contribution in [-0.4, -0.2) is 47.8 Å². The SMILES string of the molecule is CCCCCCCC/C=C\CCCCCCCCCCCC(=O)NC(COP(=O)(O)OCCN)C(O)CCCCCCCCCCC. The van der Waals surface area contributed by atoms with Crippen LogP contribution < -0.4 is 11.1 Å². The van der Waals surface area contributed by atoms with Crippen molar-refractivity contribution in [1.29, 1.82) is 0 Å². The normalized spacial score (nSPS) is 14.4. The van der Waals surface area contributed by atoms with Crippen LogP contribution in [0.3, 0.4) is 0 Å². The summed E-state index contributed by atoms with van der Waals surface area (Å²) in [5, 5.41) is 13.7. The molecule has 0 bridgehead atoms. The molecule has 0 aromatic carbocycles. The molecule has 0 aromatic rings. The van der Waals surface area contributed by atoms with Crippen molar-refractivity contribution in [3.05, 3.63) is 12.2 Å². The monoisotopic (exact) mass is 689 g/mol. The lowest BCUT2D eigenvalue weighted by Gasteiger charge is -2.25. The number of carbonyl (C=O) groups is 1. The number of rotatable bonds is 37. The highest BCUT2D eigenvalue weighted by molar-refractivity contribution is 7.47. The molecule has 5 N–H and O–H groups in total. The third kappa shape index (κ3) is 33.5. The van der Waals surface area contributed by atoms with E-state index in [1.807, 2.05) is 0 Å². The molecule has 8 nitrogen and oxygen atoms in total. The maximum Gasteiger partial charge on any atom is 0.472 e. The molecule has 280 valence electrons. The van der Waals surface area contributed by atoms with Crippen LogP contribution in [0.2, 0.25) is 0 Å². The van der Waals surface area contributed by atoms with Gasteiger partial charge in [-0.3, -0.25) is 13.8 Å². The van der Waals surface area contributed by atoms with Crippen LogP contribution in [0.25, 0.3) is 0 Å². The minimum absolute atomic E-state index is 0.0898. The first kappa shape index (κ1) is 46.2. The van der Waals surface area contributed by atoms with Crippen molar-refractivity contribution in [2.75, 3.05) is 19.8 Å². The number of aliphatic hydroxyl groups excluding tert-OH is 1. The van der Waals surface area contributed by atoms with Gasteiger partial charge in [-0.2, -0.15) is 0 Å². The van der Waals surface area contributed by atoms with Crippen LogP contribution in [0.1, 0.15) is 194 Å². The summed E-state index contributed by atoms with van der Waals surface area (Å²) in [5.41, 5.74) is 5.36. The van der Waals surface area contributed by atoms with E-state index in [0.717, 1.165) is 38.5 Å². The summed E-state index contributed by atoms with van der Waals surface area (Å²) < 4.78 is 22.1. The fraction of sp³-hybridized carbons (Fsp3) is 0.921. The van der Waals surface area contributed by atoms with Gasteiger partial charge in [0.15, 0.2) is 0 Å². The number of amides is 1. The summed E-state index contributed by atoms with van der Waals surface area (Å²) in [7, 11) is -4.30. The zero-order chi connectivity index (χ0) is 34.7. The summed E-state index contributed by atoms with van der Waals surface area (Å²) in [6.45, 7) is 4.18. The van der Waals surface area contributed by atoms with Crippen molar-refractivity contribution < 1.29 is 28.4 Å². The highest BCUT2D eigenvalue weighted by atomic mass is 31.2. The quantitative estimate of drug-likeness (QED) is 0.0290. The van der Waals surface area contributed by atoms with Crippen LogP contribution in [0.5, 0.6) is 0 Å². The molecule has 0 radical (unpaired) electrons. The third-order valence-electron chi connectivity index (χ3n) is 8.87. The third-order valence-corrected chi connectivity index (χ3v) is 9.85. The van der Waals surface area contributed by atoms with Gasteiger partial charge in [0, 0.05) is 13.0 Å². The molecule has 0 fully saturated rings. The number of phosphoric ester groups is 1. The standard InChI is InChI=1S/C38H77N2O6P/c1-3-5-7-9-11-13-14-15-16-17-18-19-20-21-22-24-26-28-30-32-38(42)40-36(35-46-47(43,44)45-34-33-39)37(41)31-29-27-25-23-12-10-8-6-4-2/h15-16,36-37,41H,3-14,17-35,39H2,1-2H3,(H,40,42)(H,43,44)/b16-15-. The van der Waals surface area contributed by atoms with Gasteiger partial charge < -0.3 is 21.1 Å². The van der Waals surface area contributed by atoms with Gasteiger partial charge in [-0.05, 0) is 38.5 Å². The van der Waals surface area contributed by atoms with Crippen molar-refractivity contribution >= 4 is 13.7 Å². The molecule has 0 saturated carbocycles. The Hall–Kier alpha value is -0.760. The Labute approximate surface area is 290 Å². The minimum atomic E-state index is -4.30. The van der Waals surface area contributed by atoms with E-state index in [1.165, 1.54) is 128 Å². The Morgan fingerprint density at radius 3 is 1.57 bits per heavy atom. The zero-order valence-electron chi connectivity index (χ0n) is 30.8. The number of carbonyl (C=O) groups excluding carboxylic acids is 1. The molecule has 3 atom stereocenters. The summed E-state index contributed by atoms with van der Waals surface area (Å²) >= 11 is 0. The van der Waals surface area contributed by atoms with Gasteiger partial charge in [0.1, 0.15) is 0 Å². The van der Waals surface area contributed by atoms with Gasteiger partial charge in [-0.15, -0.1) is 0 Å². The van der Waals surface area contributed by atoms with Crippen LogP contribution in [0, 0.1) is 0 Å². The maximum atomic E-state index is 12.7. The lowest BCUT2D eigenvalue weighted by Crippen LogP contribution is -2.46. The van der Waals surface area contributed by atoms with Crippen molar-refractivity contribution in [1.82, 2.24) is 5.32 Å². The highest BCUT2D eigenvalue weighted by Gasteiger charge is 2.27. The van der Waals surface area contributed by atoms with Crippen LogP contribution in [0.4, 0.5) is 0 Å². The molecule has 0 aromatic heterocycles. The first-order valence-electron chi connectivity index (χ1n) is 19.8. The number of phosphoric acid groups is 1. The predicted molar refractivity (Wildman–Crippen MR) is 198 cm³/mol. The Kier molecular flexibility index (Phi) is 34.5. The molecule has 1 amide bonds. The largest absolute Gasteiger partial charge is 0.472 e. The molecular formula is C38H77N2O6P. The zero-order valence-corrected chi connectivity index (χ0v) is 31.7. The molecular weight excluding hydrogens is 611 g/mol. The first-order chi connectivity index (χ1) is 22.9. The average molecular weight is 689 g/mol. The topological polar surface area (TPSA) is 131 Å². The summed E-state index contributed by atoms with van der Waals surface area (Å²) in [6, 6.07) is -0.769. The first-order valence-corrected chi connectivity index (χ1v) is 21.3. The average Bonchev–Trinajstić information content (AvgIpc) is 3.05. The van der Waals surface area contributed by atoms with E-state index in [9.17, 15) is 19.4 Å². The van der Waals surface area contributed by atoms with Gasteiger partial charge in [-0.1, -0.05) is 161 Å². The smallest absolute Gasteiger partial charge is 0.391 e. The van der Waals surface area contributed by atoms with Crippen LogP contribution in [0.15, 0.2) is 12.2 Å². The van der Waals surface area contributed by atoms with E-state index in [1.54, 1.807) is 0 Å². The molecule has 0 rings (SSSR count). The van der Waals surface area contributed by atoms with Crippen molar-refractivity contribution in [3.8, 4) is 0 Å². The van der Waals surface area contributed by atoms with Crippen molar-refractivity contribution in [3.63, 3.8) is 0 Å². The van der Waals surface area contributed by atoms with E-state index < -0.39 is 20.0 Å². The van der Waals surface area contributed by atoms with Crippen molar-refractivity contribution in [2.24, 2.45) is 5.73 Å². The van der Waals surface area contributed by atoms with E-state index >= 15 is 0 Å². The minimum Gasteiger partial charge on any atom is -0.391 e. The number of hydrogen-bond donors (Lipinski definition) is 4. The van der Waals surface area contributed by atoms with Gasteiger partial charge >= 0.3 is 7.82 Å². The molecule has 0 aliphatic heterocycles. The Morgan fingerprint density at radius 2 is 1.11 bits per heavy atom. The van der Waals surface area contributed by atoms with E-state index in [4.69, 9.17) is 14.8 Å². The number of nitrogens with two attached hydrogens (primary N) is 1. The molecule has 0 heterocycles. The highest BCUT2D eigenvalue weighted by Crippen LogP contribution is 2.43. The number of aliphatic hydroxyl groups is 1. The number of hydrogen-bond acceptors (Lipinski definition) is 6. The Morgan fingerprint density at radius 1 is 0.681 bits per heavy atom. The second-order valence-corrected chi connectivity index (χ2v) is 14.9. The molecule has 9 heteroatoms. The Bertz CT molecular complexity index is 754. The molecule has 0 aliphatic carbocycles. The van der Waals surface area contributed by atoms with Crippen LogP contribution in [-0.2, 0) is 18.4 Å². The Balaban J connectivity index is 4.10. The lowest BCUT2D eigenvalue weighted by molar-refractivity contribution is -0.123.